The number of hydrogen-bond acceptors (Lipinski definition) is 6. The highest BCUT2D eigenvalue weighted by molar-refractivity contribution is 5.98. The highest BCUT2D eigenvalue weighted by atomic mass is 16.5. The molecular formula is C30H30N4O3. The second kappa shape index (κ2) is 10.8. The number of hydrogen-bond donors (Lipinski definition) is 0. The van der Waals surface area contributed by atoms with E-state index in [0.717, 1.165) is 40.8 Å². The molecule has 0 bridgehead atoms. The molecule has 1 fully saturated rings. The lowest BCUT2D eigenvalue weighted by Gasteiger charge is -2.34. The normalized spacial score (nSPS) is 15.3. The molecule has 3 heterocycles. The molecule has 1 aliphatic rings. The van der Waals surface area contributed by atoms with E-state index < -0.39 is 0 Å². The largest absolute Gasteiger partial charge is 0.493 e. The lowest BCUT2D eigenvalue weighted by molar-refractivity contribution is 0.0702. The van der Waals surface area contributed by atoms with Gasteiger partial charge in [-0.1, -0.05) is 30.3 Å². The predicted octanol–water partition coefficient (Wildman–Crippen LogP) is 5.55. The molecule has 7 nitrogen and oxygen atoms in total. The smallest absolute Gasteiger partial charge is 0.257 e. The molecule has 5 rings (SSSR count). The zero-order chi connectivity index (χ0) is 25.8. The van der Waals surface area contributed by atoms with E-state index in [1.807, 2.05) is 41.4 Å². The summed E-state index contributed by atoms with van der Waals surface area (Å²) in [5.41, 5.74) is 5.66. The lowest BCUT2D eigenvalue weighted by Crippen LogP contribution is -2.39. The average molecular weight is 495 g/mol. The van der Waals surface area contributed by atoms with Gasteiger partial charge in [0, 0.05) is 48.7 Å². The summed E-state index contributed by atoms with van der Waals surface area (Å²) < 4.78 is 11.0. The predicted molar refractivity (Wildman–Crippen MR) is 143 cm³/mol. The summed E-state index contributed by atoms with van der Waals surface area (Å²) in [5, 5.41) is 0. The summed E-state index contributed by atoms with van der Waals surface area (Å²) >= 11 is 0. The number of pyridine rings is 1. The summed E-state index contributed by atoms with van der Waals surface area (Å²) in [5.74, 6) is 1.66. The number of carbonyl (C=O) groups excluding carboxylic acids is 1. The number of nitrogens with zero attached hydrogens (tertiary/aromatic N) is 4. The average Bonchev–Trinajstić information content (AvgIpc) is 2.97. The summed E-state index contributed by atoms with van der Waals surface area (Å²) in [7, 11) is 3.13. The summed E-state index contributed by atoms with van der Waals surface area (Å²) in [6, 6.07) is 17.5. The number of aryl methyl sites for hydroxylation is 1. The van der Waals surface area contributed by atoms with Crippen LogP contribution in [0.2, 0.25) is 0 Å². The minimum absolute atomic E-state index is 0.0625. The molecule has 0 unspecified atom stereocenters. The van der Waals surface area contributed by atoms with Crippen molar-refractivity contribution in [3.05, 3.63) is 90.0 Å². The van der Waals surface area contributed by atoms with Crippen molar-refractivity contribution in [3.63, 3.8) is 0 Å². The SMILES string of the molecule is COc1cccc(C(=O)N2CCC[C@H](c3nc(-c4ccncc4)ncc3-c3ccccc3C)C2)c1OC. The first kappa shape index (κ1) is 24.4. The Hall–Kier alpha value is -4.26. The number of para-hydroxylation sites is 1. The fraction of sp³-hybridized carbons (Fsp3) is 0.267. The Labute approximate surface area is 217 Å². The van der Waals surface area contributed by atoms with Crippen LogP contribution in [0, 0.1) is 6.92 Å². The van der Waals surface area contributed by atoms with Gasteiger partial charge in [-0.3, -0.25) is 9.78 Å². The highest BCUT2D eigenvalue weighted by Crippen LogP contribution is 2.37. The Balaban J connectivity index is 1.53. The van der Waals surface area contributed by atoms with Crippen molar-refractivity contribution in [2.45, 2.75) is 25.7 Å². The van der Waals surface area contributed by atoms with E-state index >= 15 is 0 Å². The van der Waals surface area contributed by atoms with Crippen LogP contribution in [0.1, 0.15) is 40.4 Å². The van der Waals surface area contributed by atoms with Crippen LogP contribution in [0.15, 0.2) is 73.2 Å². The first-order chi connectivity index (χ1) is 18.1. The Morgan fingerprint density at radius 1 is 0.973 bits per heavy atom. The van der Waals surface area contributed by atoms with Crippen molar-refractivity contribution in [2.24, 2.45) is 0 Å². The van der Waals surface area contributed by atoms with Gasteiger partial charge in [0.2, 0.25) is 0 Å². The van der Waals surface area contributed by atoms with E-state index in [1.165, 1.54) is 0 Å². The van der Waals surface area contributed by atoms with Crippen molar-refractivity contribution in [1.29, 1.82) is 0 Å². The summed E-state index contributed by atoms with van der Waals surface area (Å²) in [4.78, 5) is 29.5. The first-order valence-corrected chi connectivity index (χ1v) is 12.4. The molecule has 2 aromatic heterocycles. The fourth-order valence-electron chi connectivity index (χ4n) is 5.04. The molecular weight excluding hydrogens is 464 g/mol. The van der Waals surface area contributed by atoms with E-state index in [-0.39, 0.29) is 11.8 Å². The molecule has 1 aliphatic heterocycles. The maximum Gasteiger partial charge on any atom is 0.257 e. The molecule has 0 radical (unpaired) electrons. The maximum absolute atomic E-state index is 13.7. The summed E-state index contributed by atoms with van der Waals surface area (Å²) in [6.07, 6.45) is 7.23. The topological polar surface area (TPSA) is 77.4 Å². The quantitative estimate of drug-likeness (QED) is 0.350. The Morgan fingerprint density at radius 3 is 2.54 bits per heavy atom. The molecule has 0 spiro atoms. The fourth-order valence-corrected chi connectivity index (χ4v) is 5.04. The van der Waals surface area contributed by atoms with Crippen LogP contribution in [0.5, 0.6) is 11.5 Å². The number of piperidine rings is 1. The Bertz CT molecular complexity index is 1410. The van der Waals surface area contributed by atoms with E-state index in [0.29, 0.717) is 36.0 Å². The number of likely N-dealkylation sites (tertiary alicyclic amines) is 1. The molecule has 188 valence electrons. The summed E-state index contributed by atoms with van der Waals surface area (Å²) in [6.45, 7) is 3.34. The maximum atomic E-state index is 13.7. The van der Waals surface area contributed by atoms with Crippen LogP contribution in [-0.4, -0.2) is 53.1 Å². The highest BCUT2D eigenvalue weighted by Gasteiger charge is 2.30. The molecule has 2 aromatic carbocycles. The minimum atomic E-state index is -0.0682. The van der Waals surface area contributed by atoms with Gasteiger partial charge in [-0.15, -0.1) is 0 Å². The minimum Gasteiger partial charge on any atom is -0.493 e. The van der Waals surface area contributed by atoms with Gasteiger partial charge in [-0.05, 0) is 55.2 Å². The second-order valence-corrected chi connectivity index (χ2v) is 9.17. The van der Waals surface area contributed by atoms with Crippen molar-refractivity contribution in [2.75, 3.05) is 27.3 Å². The Kier molecular flexibility index (Phi) is 7.12. The van der Waals surface area contributed by atoms with Crippen LogP contribution in [0.4, 0.5) is 0 Å². The van der Waals surface area contributed by atoms with Crippen LogP contribution in [0.3, 0.4) is 0 Å². The zero-order valence-electron chi connectivity index (χ0n) is 21.3. The molecule has 0 aliphatic carbocycles. The van der Waals surface area contributed by atoms with Gasteiger partial charge in [-0.25, -0.2) is 9.97 Å². The number of ether oxygens (including phenoxy) is 2. The van der Waals surface area contributed by atoms with E-state index in [4.69, 9.17) is 19.4 Å². The van der Waals surface area contributed by atoms with Crippen molar-refractivity contribution in [3.8, 4) is 34.0 Å². The standard InChI is InChI=1S/C30H30N4O3/c1-20-8-4-5-10-23(20)25-18-32-29(21-13-15-31-16-14-21)33-27(25)22-9-7-17-34(19-22)30(35)24-11-6-12-26(36-2)28(24)37-3/h4-6,8,10-16,18,22H,7,9,17,19H2,1-3H3/t22-/m0/s1. The third kappa shape index (κ3) is 4.89. The monoisotopic (exact) mass is 494 g/mol. The van der Waals surface area contributed by atoms with Crippen LogP contribution >= 0.6 is 0 Å². The molecule has 1 amide bonds. The molecule has 37 heavy (non-hydrogen) atoms. The van der Waals surface area contributed by atoms with Crippen molar-refractivity contribution in [1.82, 2.24) is 19.9 Å². The number of benzene rings is 2. The van der Waals surface area contributed by atoms with Crippen molar-refractivity contribution < 1.29 is 14.3 Å². The number of carbonyl (C=O) groups is 1. The molecule has 0 saturated carbocycles. The lowest BCUT2D eigenvalue weighted by atomic mass is 9.88. The Morgan fingerprint density at radius 2 is 1.78 bits per heavy atom. The molecule has 1 atom stereocenters. The molecule has 1 saturated heterocycles. The molecule has 0 N–H and O–H groups in total. The third-order valence-electron chi connectivity index (χ3n) is 6.92. The number of methoxy groups -OCH3 is 2. The number of amides is 1. The zero-order valence-corrected chi connectivity index (χ0v) is 21.3. The van der Waals surface area contributed by atoms with Crippen LogP contribution < -0.4 is 9.47 Å². The number of rotatable bonds is 6. The van der Waals surface area contributed by atoms with Gasteiger partial charge < -0.3 is 14.4 Å². The van der Waals surface area contributed by atoms with Gasteiger partial charge in [0.25, 0.3) is 5.91 Å². The van der Waals surface area contributed by atoms with Gasteiger partial charge in [0.1, 0.15) is 0 Å². The van der Waals surface area contributed by atoms with E-state index in [9.17, 15) is 4.79 Å². The van der Waals surface area contributed by atoms with Gasteiger partial charge in [0.15, 0.2) is 17.3 Å². The first-order valence-electron chi connectivity index (χ1n) is 12.4. The molecule has 4 aromatic rings. The molecule has 7 heteroatoms. The van der Waals surface area contributed by atoms with Crippen LogP contribution in [0.25, 0.3) is 22.5 Å². The van der Waals surface area contributed by atoms with E-state index in [2.05, 4.69) is 24.0 Å². The number of aromatic nitrogens is 3. The van der Waals surface area contributed by atoms with Gasteiger partial charge in [0.05, 0.1) is 25.5 Å². The third-order valence-corrected chi connectivity index (χ3v) is 6.92. The van der Waals surface area contributed by atoms with Gasteiger partial charge >= 0.3 is 0 Å². The van der Waals surface area contributed by atoms with E-state index in [1.54, 1.807) is 38.7 Å². The van der Waals surface area contributed by atoms with Crippen LogP contribution in [-0.2, 0) is 0 Å². The van der Waals surface area contributed by atoms with Crippen molar-refractivity contribution >= 4 is 5.91 Å². The van der Waals surface area contributed by atoms with Gasteiger partial charge in [-0.2, -0.15) is 0 Å². The second-order valence-electron chi connectivity index (χ2n) is 9.17.